The van der Waals surface area contributed by atoms with Crippen molar-refractivity contribution in [2.75, 3.05) is 0 Å². The third-order valence-electron chi connectivity index (χ3n) is 2.58. The van der Waals surface area contributed by atoms with Crippen molar-refractivity contribution < 1.29 is 0 Å². The van der Waals surface area contributed by atoms with E-state index in [1.165, 1.54) is 5.70 Å². The highest BCUT2D eigenvalue weighted by molar-refractivity contribution is 5.69. The molecule has 0 aromatic rings. The molecule has 1 heterocycles. The third-order valence-corrected chi connectivity index (χ3v) is 2.58. The summed E-state index contributed by atoms with van der Waals surface area (Å²) in [6.07, 6.45) is 8.52. The van der Waals surface area contributed by atoms with Crippen LogP contribution in [0.4, 0.5) is 0 Å². The Kier molecular flexibility index (Phi) is 1.75. The molecule has 64 valence electrons. The van der Waals surface area contributed by atoms with E-state index in [1.54, 1.807) is 0 Å². The lowest BCUT2D eigenvalue weighted by molar-refractivity contribution is 0.412. The zero-order chi connectivity index (χ0) is 8.55. The molecule has 0 spiro atoms. The molecule has 0 bridgehead atoms. The molecule has 2 nitrogen and oxygen atoms in total. The van der Waals surface area contributed by atoms with Crippen molar-refractivity contribution in [1.29, 1.82) is 0 Å². The molecule has 2 rings (SSSR count). The fourth-order valence-corrected chi connectivity index (χ4v) is 1.85. The maximum atomic E-state index is 4.08. The molecule has 2 aliphatic rings. The lowest BCUT2D eigenvalue weighted by Gasteiger charge is -2.25. The first-order valence-electron chi connectivity index (χ1n) is 4.46. The lowest BCUT2D eigenvalue weighted by atomic mass is 9.80. The monoisotopic (exact) mass is 162 g/mol. The summed E-state index contributed by atoms with van der Waals surface area (Å²) in [7, 11) is 0. The highest BCUT2D eigenvalue weighted by atomic mass is 15.3. The number of hydrogen-bond acceptors (Lipinski definition) is 2. The predicted molar refractivity (Wildman–Crippen MR) is 50.7 cm³/mol. The van der Waals surface area contributed by atoms with E-state index in [2.05, 4.69) is 42.6 Å². The van der Waals surface area contributed by atoms with Gasteiger partial charge in [0.25, 0.3) is 0 Å². The van der Waals surface area contributed by atoms with Crippen LogP contribution < -0.4 is 5.43 Å². The maximum absolute atomic E-state index is 4.08. The highest BCUT2D eigenvalue weighted by Crippen LogP contribution is 2.31. The van der Waals surface area contributed by atoms with Crippen molar-refractivity contribution in [2.45, 2.75) is 13.8 Å². The number of fused-ring (bicyclic) bond motifs is 1. The van der Waals surface area contributed by atoms with E-state index in [4.69, 9.17) is 0 Å². The Hall–Kier alpha value is -1.05. The van der Waals surface area contributed by atoms with Gasteiger partial charge in [0.15, 0.2) is 0 Å². The molecule has 12 heavy (non-hydrogen) atoms. The fraction of sp³-hybridized carbons (Fsp3) is 0.500. The zero-order valence-corrected chi connectivity index (χ0v) is 7.49. The van der Waals surface area contributed by atoms with Gasteiger partial charge in [-0.15, -0.1) is 0 Å². The van der Waals surface area contributed by atoms with E-state index in [9.17, 15) is 0 Å². The van der Waals surface area contributed by atoms with E-state index < -0.39 is 0 Å². The van der Waals surface area contributed by atoms with Crippen LogP contribution in [0.1, 0.15) is 13.8 Å². The maximum Gasteiger partial charge on any atom is 0.0443 e. The fourth-order valence-electron chi connectivity index (χ4n) is 1.85. The van der Waals surface area contributed by atoms with Crippen LogP contribution in [0, 0.1) is 17.8 Å². The van der Waals surface area contributed by atoms with Gasteiger partial charge in [0.1, 0.15) is 0 Å². The summed E-state index contributed by atoms with van der Waals surface area (Å²) >= 11 is 0. The average molecular weight is 162 g/mol. The van der Waals surface area contributed by atoms with Crippen molar-refractivity contribution in [3.8, 4) is 0 Å². The Morgan fingerprint density at radius 3 is 3.08 bits per heavy atom. The van der Waals surface area contributed by atoms with Crippen LogP contribution in [0.5, 0.6) is 0 Å². The first-order chi connectivity index (χ1) is 5.79. The summed E-state index contributed by atoms with van der Waals surface area (Å²) in [5, 5.41) is 4.08. The molecule has 0 radical (unpaired) electrons. The van der Waals surface area contributed by atoms with E-state index in [1.807, 2.05) is 6.21 Å². The van der Waals surface area contributed by atoms with Crippen LogP contribution in [-0.2, 0) is 0 Å². The quantitative estimate of drug-likeness (QED) is 0.626. The molecule has 1 aliphatic carbocycles. The Balaban J connectivity index is 2.24. The number of hydrazone groups is 1. The van der Waals surface area contributed by atoms with Crippen molar-refractivity contribution in [3.05, 3.63) is 23.9 Å². The Morgan fingerprint density at radius 1 is 1.50 bits per heavy atom. The molecule has 1 aliphatic heterocycles. The third kappa shape index (κ3) is 1.07. The van der Waals surface area contributed by atoms with Gasteiger partial charge < -0.3 is 0 Å². The molecular weight excluding hydrogens is 148 g/mol. The van der Waals surface area contributed by atoms with E-state index in [0.717, 1.165) is 0 Å². The standard InChI is InChI=1S/C10H14N2/c1-7(2)8-4-3-5-10-9(8)6-11-12-10/h3-9,12H,1-2H3. The summed E-state index contributed by atoms with van der Waals surface area (Å²) in [5.41, 5.74) is 4.27. The average Bonchev–Trinajstić information content (AvgIpc) is 2.49. The van der Waals surface area contributed by atoms with Gasteiger partial charge in [-0.25, -0.2) is 0 Å². The van der Waals surface area contributed by atoms with Gasteiger partial charge in [0.2, 0.25) is 0 Å². The topological polar surface area (TPSA) is 24.4 Å². The van der Waals surface area contributed by atoms with E-state index >= 15 is 0 Å². The smallest absolute Gasteiger partial charge is 0.0443 e. The minimum Gasteiger partial charge on any atom is -0.282 e. The van der Waals surface area contributed by atoms with Gasteiger partial charge in [-0.3, -0.25) is 5.43 Å². The number of rotatable bonds is 1. The van der Waals surface area contributed by atoms with Gasteiger partial charge in [-0.1, -0.05) is 26.0 Å². The zero-order valence-electron chi connectivity index (χ0n) is 7.49. The molecule has 0 saturated heterocycles. The van der Waals surface area contributed by atoms with Crippen LogP contribution in [0.3, 0.4) is 0 Å². The first kappa shape index (κ1) is 7.59. The molecule has 0 fully saturated rings. The van der Waals surface area contributed by atoms with Gasteiger partial charge in [0, 0.05) is 17.8 Å². The second-order valence-corrected chi connectivity index (χ2v) is 3.74. The SMILES string of the molecule is CC(C)C1C=CC=C2NN=CC21. The lowest BCUT2D eigenvalue weighted by Crippen LogP contribution is -2.23. The van der Waals surface area contributed by atoms with E-state index in [-0.39, 0.29) is 0 Å². The minimum atomic E-state index is 0.495. The first-order valence-corrected chi connectivity index (χ1v) is 4.46. The number of hydrogen-bond donors (Lipinski definition) is 1. The Labute approximate surface area is 73.0 Å². The summed E-state index contributed by atoms with van der Waals surface area (Å²) < 4.78 is 0. The van der Waals surface area contributed by atoms with Crippen LogP contribution in [0.2, 0.25) is 0 Å². The van der Waals surface area contributed by atoms with Crippen molar-refractivity contribution >= 4 is 6.21 Å². The number of allylic oxidation sites excluding steroid dienone is 4. The molecule has 2 heteroatoms. The van der Waals surface area contributed by atoms with Gasteiger partial charge in [-0.05, 0) is 17.9 Å². The van der Waals surface area contributed by atoms with Crippen LogP contribution >= 0.6 is 0 Å². The Bertz CT molecular complexity index is 261. The Morgan fingerprint density at radius 2 is 2.33 bits per heavy atom. The van der Waals surface area contributed by atoms with Crippen LogP contribution in [0.25, 0.3) is 0 Å². The molecule has 0 amide bonds. The van der Waals surface area contributed by atoms with Gasteiger partial charge >= 0.3 is 0 Å². The van der Waals surface area contributed by atoms with Crippen molar-refractivity contribution in [3.63, 3.8) is 0 Å². The number of nitrogens with one attached hydrogen (secondary N) is 1. The second kappa shape index (κ2) is 2.77. The van der Waals surface area contributed by atoms with Crippen molar-refractivity contribution in [1.82, 2.24) is 5.43 Å². The summed E-state index contributed by atoms with van der Waals surface area (Å²) in [5.74, 6) is 1.79. The van der Waals surface area contributed by atoms with Crippen LogP contribution in [-0.4, -0.2) is 6.21 Å². The molecule has 2 unspecified atom stereocenters. The molecule has 1 N–H and O–H groups in total. The summed E-state index contributed by atoms with van der Waals surface area (Å²) in [6, 6.07) is 0. The minimum absolute atomic E-state index is 0.495. The van der Waals surface area contributed by atoms with Gasteiger partial charge in [-0.2, -0.15) is 5.10 Å². The van der Waals surface area contributed by atoms with Crippen molar-refractivity contribution in [2.24, 2.45) is 22.9 Å². The molecular formula is C10H14N2. The summed E-state index contributed by atoms with van der Waals surface area (Å²) in [6.45, 7) is 4.51. The van der Waals surface area contributed by atoms with E-state index in [0.29, 0.717) is 17.8 Å². The molecule has 0 aromatic carbocycles. The summed E-state index contributed by atoms with van der Waals surface area (Å²) in [4.78, 5) is 0. The molecule has 0 saturated carbocycles. The molecule has 2 atom stereocenters. The second-order valence-electron chi connectivity index (χ2n) is 3.74. The largest absolute Gasteiger partial charge is 0.282 e. The normalized spacial score (nSPS) is 31.8. The predicted octanol–water partition coefficient (Wildman–Crippen LogP) is 1.92. The number of nitrogens with zero attached hydrogens (tertiary/aromatic N) is 1. The van der Waals surface area contributed by atoms with Crippen LogP contribution in [0.15, 0.2) is 29.0 Å². The highest BCUT2D eigenvalue weighted by Gasteiger charge is 2.28. The van der Waals surface area contributed by atoms with Gasteiger partial charge in [0.05, 0.1) is 0 Å². The molecule has 0 aromatic heterocycles.